The molecule has 1 atom stereocenters. The molecule has 1 aliphatic heterocycles. The lowest BCUT2D eigenvalue weighted by Crippen LogP contribution is -2.42. The highest BCUT2D eigenvalue weighted by atomic mass is 127. The number of aliphatic imine (C=N–C) groups is 1. The fourth-order valence-corrected chi connectivity index (χ4v) is 3.22. The maximum atomic E-state index is 13.0. The Labute approximate surface area is 128 Å². The first kappa shape index (κ1) is 16.3. The summed E-state index contributed by atoms with van der Waals surface area (Å²) in [7, 11) is 0. The van der Waals surface area contributed by atoms with Crippen LogP contribution in [0.15, 0.2) is 4.99 Å². The van der Waals surface area contributed by atoms with Gasteiger partial charge >= 0.3 is 0 Å². The molecular formula is C11H20F2IN3S. The average Bonchev–Trinajstić information content (AvgIpc) is 2.67. The molecule has 1 unspecified atom stereocenters. The second-order valence-corrected chi connectivity index (χ2v) is 5.99. The highest BCUT2D eigenvalue weighted by Gasteiger charge is 2.39. The van der Waals surface area contributed by atoms with Crippen LogP contribution >= 0.6 is 35.7 Å². The smallest absolute Gasteiger partial charge is 0.248 e. The standard InChI is InChI=1S/C11H19F2N3S.HI/c12-11(13)2-1-9(7-11)8-15-10(14)16-3-5-17-6-4-16;/h9H,1-8H2,(H2,14,15);1H. The second kappa shape index (κ2) is 7.12. The third-order valence-corrected chi connectivity index (χ3v) is 4.29. The molecule has 1 aliphatic carbocycles. The maximum absolute atomic E-state index is 13.0. The summed E-state index contributed by atoms with van der Waals surface area (Å²) in [6.07, 6.45) is 0.548. The normalized spacial score (nSPS) is 28.0. The van der Waals surface area contributed by atoms with Crippen molar-refractivity contribution in [3.63, 3.8) is 0 Å². The summed E-state index contributed by atoms with van der Waals surface area (Å²) in [6, 6.07) is 0. The first-order valence-corrected chi connectivity index (χ1v) is 7.23. The Morgan fingerprint density at radius 1 is 1.39 bits per heavy atom. The van der Waals surface area contributed by atoms with Crippen LogP contribution in [0.1, 0.15) is 19.3 Å². The van der Waals surface area contributed by atoms with Gasteiger partial charge in [-0.15, -0.1) is 24.0 Å². The zero-order valence-electron chi connectivity index (χ0n) is 10.3. The Balaban J connectivity index is 0.00000162. The zero-order valence-corrected chi connectivity index (χ0v) is 13.4. The molecule has 0 radical (unpaired) electrons. The van der Waals surface area contributed by atoms with Crippen molar-refractivity contribution in [1.29, 1.82) is 0 Å². The van der Waals surface area contributed by atoms with Gasteiger partial charge in [0.25, 0.3) is 0 Å². The number of hydrogen-bond donors (Lipinski definition) is 1. The van der Waals surface area contributed by atoms with E-state index >= 15 is 0 Å². The van der Waals surface area contributed by atoms with E-state index in [1.165, 1.54) is 0 Å². The van der Waals surface area contributed by atoms with Crippen LogP contribution in [-0.2, 0) is 0 Å². The predicted octanol–water partition coefficient (Wildman–Crippen LogP) is 2.40. The van der Waals surface area contributed by atoms with Crippen molar-refractivity contribution < 1.29 is 8.78 Å². The topological polar surface area (TPSA) is 41.6 Å². The number of hydrogen-bond acceptors (Lipinski definition) is 2. The minimum Gasteiger partial charge on any atom is -0.370 e. The molecular weight excluding hydrogens is 371 g/mol. The van der Waals surface area contributed by atoms with E-state index in [9.17, 15) is 8.78 Å². The fourth-order valence-electron chi connectivity index (χ4n) is 2.31. The number of nitrogens with zero attached hydrogens (tertiary/aromatic N) is 2. The van der Waals surface area contributed by atoms with Crippen molar-refractivity contribution in [2.45, 2.75) is 25.2 Å². The van der Waals surface area contributed by atoms with Gasteiger partial charge in [-0.05, 0) is 12.3 Å². The molecule has 2 aliphatic rings. The molecule has 2 fully saturated rings. The Morgan fingerprint density at radius 2 is 2.06 bits per heavy atom. The largest absolute Gasteiger partial charge is 0.370 e. The van der Waals surface area contributed by atoms with Crippen LogP contribution in [0.4, 0.5) is 8.78 Å². The molecule has 2 rings (SSSR count). The molecule has 7 heteroatoms. The number of thioether (sulfide) groups is 1. The molecule has 1 heterocycles. The summed E-state index contributed by atoms with van der Waals surface area (Å²) in [5, 5.41) is 0. The third-order valence-electron chi connectivity index (χ3n) is 3.35. The van der Waals surface area contributed by atoms with Gasteiger partial charge < -0.3 is 10.6 Å². The molecule has 3 nitrogen and oxygen atoms in total. The molecule has 18 heavy (non-hydrogen) atoms. The van der Waals surface area contributed by atoms with E-state index in [1.807, 2.05) is 16.7 Å². The quantitative estimate of drug-likeness (QED) is 0.447. The van der Waals surface area contributed by atoms with Gasteiger partial charge in [-0.25, -0.2) is 8.78 Å². The van der Waals surface area contributed by atoms with Crippen LogP contribution in [0.5, 0.6) is 0 Å². The van der Waals surface area contributed by atoms with Crippen LogP contribution in [0.3, 0.4) is 0 Å². The van der Waals surface area contributed by atoms with Gasteiger partial charge in [0.15, 0.2) is 5.96 Å². The van der Waals surface area contributed by atoms with Gasteiger partial charge in [-0.1, -0.05) is 0 Å². The second-order valence-electron chi connectivity index (χ2n) is 4.76. The number of nitrogens with two attached hydrogens (primary N) is 1. The maximum Gasteiger partial charge on any atom is 0.248 e. The summed E-state index contributed by atoms with van der Waals surface area (Å²) in [5.74, 6) is 0.190. The Kier molecular flexibility index (Phi) is 6.43. The van der Waals surface area contributed by atoms with E-state index in [2.05, 4.69) is 4.99 Å². The van der Waals surface area contributed by atoms with Crippen molar-refractivity contribution in [2.24, 2.45) is 16.6 Å². The van der Waals surface area contributed by atoms with Gasteiger partial charge in [-0.3, -0.25) is 4.99 Å². The Hall–Kier alpha value is 0.210. The van der Waals surface area contributed by atoms with Crippen molar-refractivity contribution >= 4 is 41.7 Å². The minimum atomic E-state index is -2.48. The van der Waals surface area contributed by atoms with Crippen molar-refractivity contribution in [3.8, 4) is 0 Å². The lowest BCUT2D eigenvalue weighted by molar-refractivity contribution is 0.00541. The third kappa shape index (κ3) is 4.71. The molecule has 2 N–H and O–H groups in total. The summed E-state index contributed by atoms with van der Waals surface area (Å²) < 4.78 is 26.0. The van der Waals surface area contributed by atoms with Crippen LogP contribution in [0.2, 0.25) is 0 Å². The highest BCUT2D eigenvalue weighted by Crippen LogP contribution is 2.38. The van der Waals surface area contributed by atoms with Gasteiger partial charge in [0.2, 0.25) is 5.92 Å². The first-order chi connectivity index (χ1) is 8.07. The lowest BCUT2D eigenvalue weighted by Gasteiger charge is -2.27. The van der Waals surface area contributed by atoms with Gasteiger partial charge in [-0.2, -0.15) is 11.8 Å². The first-order valence-electron chi connectivity index (χ1n) is 6.07. The minimum absolute atomic E-state index is 0. The van der Waals surface area contributed by atoms with Crippen molar-refractivity contribution in [2.75, 3.05) is 31.1 Å². The van der Waals surface area contributed by atoms with Gasteiger partial charge in [0.05, 0.1) is 0 Å². The summed E-state index contributed by atoms with van der Waals surface area (Å²) >= 11 is 1.91. The molecule has 0 aromatic rings. The Morgan fingerprint density at radius 3 is 2.61 bits per heavy atom. The molecule has 0 aromatic heterocycles. The molecule has 0 amide bonds. The van der Waals surface area contributed by atoms with E-state index in [0.29, 0.717) is 18.9 Å². The van der Waals surface area contributed by atoms with Gasteiger partial charge in [0, 0.05) is 44.0 Å². The van der Waals surface area contributed by atoms with E-state index in [1.54, 1.807) is 0 Å². The molecule has 0 aromatic carbocycles. The van der Waals surface area contributed by atoms with Crippen LogP contribution < -0.4 is 5.73 Å². The number of guanidine groups is 1. The van der Waals surface area contributed by atoms with Crippen molar-refractivity contribution in [1.82, 2.24) is 4.90 Å². The van der Waals surface area contributed by atoms with Crippen LogP contribution in [-0.4, -0.2) is 47.9 Å². The highest BCUT2D eigenvalue weighted by molar-refractivity contribution is 14.0. The summed E-state index contributed by atoms with van der Waals surface area (Å²) in [5.41, 5.74) is 5.87. The summed E-state index contributed by atoms with van der Waals surface area (Å²) in [6.45, 7) is 2.28. The van der Waals surface area contributed by atoms with Crippen LogP contribution in [0, 0.1) is 5.92 Å². The van der Waals surface area contributed by atoms with Gasteiger partial charge in [0.1, 0.15) is 0 Å². The molecule has 0 spiro atoms. The predicted molar refractivity (Wildman–Crippen MR) is 83.1 cm³/mol. The lowest BCUT2D eigenvalue weighted by atomic mass is 10.1. The van der Waals surface area contributed by atoms with E-state index in [0.717, 1.165) is 24.6 Å². The monoisotopic (exact) mass is 391 g/mol. The van der Waals surface area contributed by atoms with E-state index in [-0.39, 0.29) is 42.7 Å². The SMILES string of the molecule is I.NC(=NCC1CCC(F)(F)C1)N1CCSCC1. The molecule has 1 saturated carbocycles. The number of alkyl halides is 2. The number of rotatable bonds is 2. The zero-order chi connectivity index (χ0) is 12.3. The van der Waals surface area contributed by atoms with Crippen molar-refractivity contribution in [3.05, 3.63) is 0 Å². The van der Waals surface area contributed by atoms with Crippen LogP contribution in [0.25, 0.3) is 0 Å². The molecule has 106 valence electrons. The molecule has 1 saturated heterocycles. The van der Waals surface area contributed by atoms with E-state index in [4.69, 9.17) is 5.73 Å². The summed E-state index contributed by atoms with van der Waals surface area (Å²) in [4.78, 5) is 6.32. The number of halogens is 3. The fraction of sp³-hybridized carbons (Fsp3) is 0.909. The average molecular weight is 391 g/mol. The van der Waals surface area contributed by atoms with E-state index < -0.39 is 5.92 Å². The Bertz CT molecular complexity index is 296. The molecule has 0 bridgehead atoms.